The number of benzene rings is 2. The Labute approximate surface area is 137 Å². The van der Waals surface area contributed by atoms with Gasteiger partial charge < -0.3 is 19.9 Å². The van der Waals surface area contributed by atoms with Crippen LogP contribution in [0.25, 0.3) is 0 Å². The van der Waals surface area contributed by atoms with Crippen LogP contribution in [0.4, 0.5) is 14.5 Å². The highest BCUT2D eigenvalue weighted by Crippen LogP contribution is 2.30. The highest BCUT2D eigenvalue weighted by molar-refractivity contribution is 6.33. The first-order chi connectivity index (χ1) is 11.0. The van der Waals surface area contributed by atoms with Gasteiger partial charge in [-0.1, -0.05) is 23.7 Å². The van der Waals surface area contributed by atoms with Gasteiger partial charge in [-0.25, -0.2) is 0 Å². The van der Waals surface area contributed by atoms with Gasteiger partial charge in [0.15, 0.2) is 11.5 Å². The molecule has 0 atom stereocenters. The van der Waals surface area contributed by atoms with Gasteiger partial charge in [-0.15, -0.1) is 0 Å². The summed E-state index contributed by atoms with van der Waals surface area (Å²) in [4.78, 5) is 0. The van der Waals surface area contributed by atoms with Crippen molar-refractivity contribution in [2.75, 3.05) is 12.4 Å². The van der Waals surface area contributed by atoms with E-state index in [-0.39, 0.29) is 18.1 Å². The molecule has 0 radical (unpaired) electrons. The third-order valence-electron chi connectivity index (χ3n) is 3.14. The maximum atomic E-state index is 12.4. The zero-order valence-electron chi connectivity index (χ0n) is 12.4. The number of alkyl halides is 2. The monoisotopic (exact) mass is 343 g/mol. The Balaban J connectivity index is 2.14. The largest absolute Gasteiger partial charge is 0.493 e. The molecule has 0 heterocycles. The lowest BCUT2D eigenvalue weighted by Gasteiger charge is -2.13. The van der Waals surface area contributed by atoms with Crippen LogP contribution >= 0.6 is 11.6 Å². The van der Waals surface area contributed by atoms with Crippen molar-refractivity contribution >= 4 is 17.3 Å². The summed E-state index contributed by atoms with van der Waals surface area (Å²) in [7, 11) is 1.38. The Morgan fingerprint density at radius 2 is 1.87 bits per heavy atom. The minimum absolute atomic E-state index is 0.0306. The fourth-order valence-corrected chi connectivity index (χ4v) is 2.21. The van der Waals surface area contributed by atoms with E-state index in [1.807, 2.05) is 0 Å². The first-order valence-electron chi connectivity index (χ1n) is 6.78. The quantitative estimate of drug-likeness (QED) is 0.796. The molecule has 4 nitrogen and oxygen atoms in total. The van der Waals surface area contributed by atoms with Crippen LogP contribution in [0.2, 0.25) is 5.02 Å². The van der Waals surface area contributed by atoms with E-state index in [0.29, 0.717) is 28.4 Å². The minimum Gasteiger partial charge on any atom is -0.493 e. The number of rotatable bonds is 7. The first kappa shape index (κ1) is 17.3. The molecule has 23 heavy (non-hydrogen) atoms. The van der Waals surface area contributed by atoms with E-state index in [9.17, 15) is 8.78 Å². The Hall–Kier alpha value is -2.05. The third-order valence-corrected chi connectivity index (χ3v) is 3.47. The van der Waals surface area contributed by atoms with Gasteiger partial charge in [0.1, 0.15) is 0 Å². The van der Waals surface area contributed by atoms with Crippen molar-refractivity contribution in [1.82, 2.24) is 0 Å². The number of ether oxygens (including phenoxy) is 2. The number of methoxy groups -OCH3 is 1. The van der Waals surface area contributed by atoms with Crippen LogP contribution in [-0.2, 0) is 13.2 Å². The molecular formula is C16H16ClF2NO3. The van der Waals surface area contributed by atoms with Gasteiger partial charge in [0, 0.05) is 6.54 Å². The zero-order chi connectivity index (χ0) is 16.8. The van der Waals surface area contributed by atoms with E-state index < -0.39 is 6.61 Å². The van der Waals surface area contributed by atoms with Crippen LogP contribution in [0.5, 0.6) is 11.5 Å². The summed E-state index contributed by atoms with van der Waals surface area (Å²) in [6.45, 7) is -2.68. The summed E-state index contributed by atoms with van der Waals surface area (Å²) in [6, 6.07) is 9.88. The highest BCUT2D eigenvalue weighted by atomic mass is 35.5. The lowest BCUT2D eigenvalue weighted by atomic mass is 10.1. The van der Waals surface area contributed by atoms with Crippen molar-refractivity contribution in [1.29, 1.82) is 0 Å². The van der Waals surface area contributed by atoms with Crippen LogP contribution in [-0.4, -0.2) is 18.8 Å². The van der Waals surface area contributed by atoms with E-state index in [1.165, 1.54) is 13.2 Å². The predicted octanol–water partition coefficient (Wildman–Crippen LogP) is 4.05. The summed E-state index contributed by atoms with van der Waals surface area (Å²) in [5, 5.41) is 12.7. The van der Waals surface area contributed by atoms with Crippen LogP contribution < -0.4 is 14.8 Å². The van der Waals surface area contributed by atoms with E-state index in [1.54, 1.807) is 30.3 Å². The van der Waals surface area contributed by atoms with E-state index in [2.05, 4.69) is 10.1 Å². The second-order valence-corrected chi connectivity index (χ2v) is 5.10. The molecule has 0 fully saturated rings. The molecule has 7 heteroatoms. The van der Waals surface area contributed by atoms with Gasteiger partial charge in [-0.05, 0) is 35.4 Å². The van der Waals surface area contributed by atoms with Crippen molar-refractivity contribution in [3.8, 4) is 11.5 Å². The van der Waals surface area contributed by atoms with Crippen molar-refractivity contribution in [3.05, 3.63) is 52.5 Å². The average Bonchev–Trinajstić information content (AvgIpc) is 2.53. The molecular weight excluding hydrogens is 328 g/mol. The second kappa shape index (κ2) is 7.99. The minimum atomic E-state index is -2.93. The van der Waals surface area contributed by atoms with Gasteiger partial charge in [-0.2, -0.15) is 8.78 Å². The molecule has 0 aliphatic carbocycles. The summed E-state index contributed by atoms with van der Waals surface area (Å²) in [5.41, 5.74) is 2.07. The summed E-state index contributed by atoms with van der Waals surface area (Å²) in [5.74, 6) is 0.200. The van der Waals surface area contributed by atoms with E-state index >= 15 is 0 Å². The number of nitrogens with one attached hydrogen (secondary N) is 1. The Bertz CT molecular complexity index is 668. The van der Waals surface area contributed by atoms with Crippen molar-refractivity contribution in [2.45, 2.75) is 19.8 Å². The van der Waals surface area contributed by atoms with Crippen molar-refractivity contribution in [3.63, 3.8) is 0 Å². The van der Waals surface area contributed by atoms with E-state index in [4.69, 9.17) is 21.4 Å². The SMILES string of the molecule is COc1ccc(CNc2cc(CO)ccc2Cl)cc1OC(F)F. The topological polar surface area (TPSA) is 50.7 Å². The lowest BCUT2D eigenvalue weighted by Crippen LogP contribution is -2.05. The smallest absolute Gasteiger partial charge is 0.387 e. The third kappa shape index (κ3) is 4.71. The summed E-state index contributed by atoms with van der Waals surface area (Å²) in [6.07, 6.45) is 0. The average molecular weight is 344 g/mol. The molecule has 0 saturated carbocycles. The lowest BCUT2D eigenvalue weighted by molar-refractivity contribution is -0.0512. The molecule has 0 saturated heterocycles. The number of halogens is 3. The Kier molecular flexibility index (Phi) is 6.01. The summed E-state index contributed by atoms with van der Waals surface area (Å²) >= 11 is 6.08. The van der Waals surface area contributed by atoms with Crippen LogP contribution in [0, 0.1) is 0 Å². The number of hydrogen-bond donors (Lipinski definition) is 2. The van der Waals surface area contributed by atoms with Gasteiger partial charge in [0.05, 0.1) is 24.4 Å². The van der Waals surface area contributed by atoms with E-state index in [0.717, 1.165) is 0 Å². The number of hydrogen-bond acceptors (Lipinski definition) is 4. The molecule has 2 aromatic rings. The van der Waals surface area contributed by atoms with Crippen molar-refractivity contribution < 1.29 is 23.4 Å². The predicted molar refractivity (Wildman–Crippen MR) is 84.3 cm³/mol. The molecule has 0 amide bonds. The first-order valence-corrected chi connectivity index (χ1v) is 7.16. The van der Waals surface area contributed by atoms with Gasteiger partial charge in [0.25, 0.3) is 0 Å². The molecule has 0 aliphatic rings. The number of anilines is 1. The second-order valence-electron chi connectivity index (χ2n) is 4.69. The van der Waals surface area contributed by atoms with Gasteiger partial charge in [0.2, 0.25) is 0 Å². The Morgan fingerprint density at radius 3 is 2.52 bits per heavy atom. The van der Waals surface area contributed by atoms with Crippen molar-refractivity contribution in [2.24, 2.45) is 0 Å². The molecule has 2 rings (SSSR count). The Morgan fingerprint density at radius 1 is 1.13 bits per heavy atom. The molecule has 0 aliphatic heterocycles. The highest BCUT2D eigenvalue weighted by Gasteiger charge is 2.11. The van der Waals surface area contributed by atoms with Crippen LogP contribution in [0.3, 0.4) is 0 Å². The number of aliphatic hydroxyl groups is 1. The standard InChI is InChI=1S/C16H16ClF2NO3/c1-22-14-5-3-10(7-15(14)23-16(18)19)8-20-13-6-11(9-21)2-4-12(13)17/h2-7,16,20-21H,8-9H2,1H3. The molecule has 0 spiro atoms. The molecule has 2 aromatic carbocycles. The molecule has 124 valence electrons. The molecule has 0 aromatic heterocycles. The summed E-state index contributed by atoms with van der Waals surface area (Å²) < 4.78 is 34.3. The normalized spacial score (nSPS) is 10.7. The maximum absolute atomic E-state index is 12.4. The molecule has 0 bridgehead atoms. The number of aliphatic hydroxyl groups excluding tert-OH is 1. The fourth-order valence-electron chi connectivity index (χ4n) is 2.02. The zero-order valence-corrected chi connectivity index (χ0v) is 13.1. The molecule has 2 N–H and O–H groups in total. The van der Waals surface area contributed by atoms with Gasteiger partial charge in [-0.3, -0.25) is 0 Å². The molecule has 0 unspecified atom stereocenters. The maximum Gasteiger partial charge on any atom is 0.387 e. The van der Waals surface area contributed by atoms with Crippen LogP contribution in [0.15, 0.2) is 36.4 Å². The fraction of sp³-hybridized carbons (Fsp3) is 0.250. The van der Waals surface area contributed by atoms with Gasteiger partial charge >= 0.3 is 6.61 Å². The van der Waals surface area contributed by atoms with Crippen LogP contribution in [0.1, 0.15) is 11.1 Å².